The van der Waals surface area contributed by atoms with Crippen LogP contribution >= 0.6 is 0 Å². The summed E-state index contributed by atoms with van der Waals surface area (Å²) in [7, 11) is 0. The summed E-state index contributed by atoms with van der Waals surface area (Å²) in [5.74, 6) is 0. The van der Waals surface area contributed by atoms with Gasteiger partial charge < -0.3 is 10.6 Å². The van der Waals surface area contributed by atoms with E-state index in [1.54, 1.807) is 0 Å². The van der Waals surface area contributed by atoms with Crippen LogP contribution in [0.1, 0.15) is 26.2 Å². The van der Waals surface area contributed by atoms with Crippen molar-refractivity contribution in [2.45, 2.75) is 32.2 Å². The standard InChI is InChI=1S/C12H18N2/c1-2-3-6-10-9-13-11-7-4-5-8-12(11)14-10/h4-5,7-8,10,13-14H,2-3,6,9H2,1H3. The van der Waals surface area contributed by atoms with Gasteiger partial charge in [-0.2, -0.15) is 0 Å². The third kappa shape index (κ3) is 2.00. The van der Waals surface area contributed by atoms with Crippen molar-refractivity contribution in [2.24, 2.45) is 0 Å². The molecular weight excluding hydrogens is 172 g/mol. The lowest BCUT2D eigenvalue weighted by Gasteiger charge is -2.28. The molecule has 1 aliphatic rings. The molecule has 0 amide bonds. The first-order valence-electron chi connectivity index (χ1n) is 5.49. The first-order valence-corrected chi connectivity index (χ1v) is 5.49. The second-order valence-electron chi connectivity index (χ2n) is 3.91. The Balaban J connectivity index is 1.99. The molecule has 2 rings (SSSR count). The third-order valence-corrected chi connectivity index (χ3v) is 2.73. The highest BCUT2D eigenvalue weighted by atomic mass is 15.1. The molecule has 1 aliphatic heterocycles. The van der Waals surface area contributed by atoms with E-state index in [1.165, 1.54) is 30.6 Å². The Morgan fingerprint density at radius 3 is 2.86 bits per heavy atom. The van der Waals surface area contributed by atoms with Gasteiger partial charge in [0.25, 0.3) is 0 Å². The molecule has 0 radical (unpaired) electrons. The molecule has 1 atom stereocenters. The molecule has 0 aromatic heterocycles. The highest BCUT2D eigenvalue weighted by Crippen LogP contribution is 2.26. The lowest BCUT2D eigenvalue weighted by Crippen LogP contribution is -2.32. The number of unbranched alkanes of at least 4 members (excludes halogenated alkanes) is 1. The molecule has 2 nitrogen and oxygen atoms in total. The van der Waals surface area contributed by atoms with Gasteiger partial charge in [0.05, 0.1) is 11.4 Å². The minimum absolute atomic E-state index is 0.602. The molecule has 2 N–H and O–H groups in total. The Hall–Kier alpha value is -1.18. The summed E-state index contributed by atoms with van der Waals surface area (Å²) in [5.41, 5.74) is 2.49. The zero-order valence-corrected chi connectivity index (χ0v) is 8.72. The number of fused-ring (bicyclic) bond motifs is 1. The van der Waals surface area contributed by atoms with Crippen molar-refractivity contribution in [1.29, 1.82) is 0 Å². The highest BCUT2D eigenvalue weighted by Gasteiger charge is 2.15. The minimum atomic E-state index is 0.602. The van der Waals surface area contributed by atoms with Crippen LogP contribution < -0.4 is 10.6 Å². The van der Waals surface area contributed by atoms with E-state index in [1.807, 2.05) is 0 Å². The summed E-state index contributed by atoms with van der Waals surface area (Å²) in [4.78, 5) is 0. The van der Waals surface area contributed by atoms with Gasteiger partial charge in [-0.15, -0.1) is 0 Å². The van der Waals surface area contributed by atoms with E-state index in [9.17, 15) is 0 Å². The fraction of sp³-hybridized carbons (Fsp3) is 0.500. The number of anilines is 2. The average molecular weight is 190 g/mol. The number of hydrogen-bond acceptors (Lipinski definition) is 2. The fourth-order valence-electron chi connectivity index (χ4n) is 1.89. The van der Waals surface area contributed by atoms with E-state index in [-0.39, 0.29) is 0 Å². The number of nitrogens with one attached hydrogen (secondary N) is 2. The second-order valence-corrected chi connectivity index (χ2v) is 3.91. The summed E-state index contributed by atoms with van der Waals surface area (Å²) >= 11 is 0. The SMILES string of the molecule is CCCCC1CNc2ccccc2N1. The van der Waals surface area contributed by atoms with E-state index in [0.717, 1.165) is 6.54 Å². The minimum Gasteiger partial charge on any atom is -0.381 e. The number of para-hydroxylation sites is 2. The normalized spacial score (nSPS) is 19.4. The second kappa shape index (κ2) is 4.36. The van der Waals surface area contributed by atoms with Crippen LogP contribution in [-0.4, -0.2) is 12.6 Å². The molecule has 1 heterocycles. The molecule has 0 saturated heterocycles. The average Bonchev–Trinajstić information content (AvgIpc) is 2.26. The molecule has 0 bridgehead atoms. The van der Waals surface area contributed by atoms with Gasteiger partial charge in [-0.1, -0.05) is 31.9 Å². The Kier molecular flexibility index (Phi) is 2.92. The van der Waals surface area contributed by atoms with Crippen LogP contribution in [0.15, 0.2) is 24.3 Å². The van der Waals surface area contributed by atoms with Crippen LogP contribution in [0.3, 0.4) is 0 Å². The van der Waals surface area contributed by atoms with Gasteiger partial charge in [-0.3, -0.25) is 0 Å². The lowest BCUT2D eigenvalue weighted by molar-refractivity contribution is 0.620. The molecule has 0 aliphatic carbocycles. The quantitative estimate of drug-likeness (QED) is 0.765. The smallest absolute Gasteiger partial charge is 0.0578 e. The van der Waals surface area contributed by atoms with Gasteiger partial charge in [0.2, 0.25) is 0 Å². The first-order chi connectivity index (χ1) is 6.90. The number of benzene rings is 1. The number of rotatable bonds is 3. The van der Waals surface area contributed by atoms with Crippen LogP contribution in [0, 0.1) is 0 Å². The largest absolute Gasteiger partial charge is 0.381 e. The van der Waals surface area contributed by atoms with Crippen molar-refractivity contribution in [1.82, 2.24) is 0 Å². The molecule has 1 unspecified atom stereocenters. The van der Waals surface area contributed by atoms with Gasteiger partial charge in [0.15, 0.2) is 0 Å². The molecule has 1 aromatic rings. The molecule has 2 heteroatoms. The van der Waals surface area contributed by atoms with Crippen LogP contribution in [0.4, 0.5) is 11.4 Å². The Morgan fingerprint density at radius 2 is 2.07 bits per heavy atom. The van der Waals surface area contributed by atoms with Gasteiger partial charge in [-0.25, -0.2) is 0 Å². The molecular formula is C12H18N2. The van der Waals surface area contributed by atoms with Gasteiger partial charge in [-0.05, 0) is 18.6 Å². The topological polar surface area (TPSA) is 24.1 Å². The van der Waals surface area contributed by atoms with E-state index < -0.39 is 0 Å². The zero-order chi connectivity index (χ0) is 9.80. The Labute approximate surface area is 85.7 Å². The summed E-state index contributed by atoms with van der Waals surface area (Å²) in [6, 6.07) is 9.01. The van der Waals surface area contributed by atoms with E-state index >= 15 is 0 Å². The van der Waals surface area contributed by atoms with Crippen LogP contribution in [0.5, 0.6) is 0 Å². The Bertz CT molecular complexity index is 296. The van der Waals surface area contributed by atoms with Crippen molar-refractivity contribution in [2.75, 3.05) is 17.2 Å². The maximum atomic E-state index is 3.57. The molecule has 76 valence electrons. The summed E-state index contributed by atoms with van der Waals surface area (Å²) in [6.07, 6.45) is 3.85. The summed E-state index contributed by atoms with van der Waals surface area (Å²) in [6.45, 7) is 3.29. The molecule has 0 fully saturated rings. The van der Waals surface area contributed by atoms with Gasteiger partial charge >= 0.3 is 0 Å². The molecule has 0 spiro atoms. The van der Waals surface area contributed by atoms with Gasteiger partial charge in [0.1, 0.15) is 0 Å². The zero-order valence-electron chi connectivity index (χ0n) is 8.72. The number of hydrogen-bond donors (Lipinski definition) is 2. The van der Waals surface area contributed by atoms with Crippen molar-refractivity contribution in [3.05, 3.63) is 24.3 Å². The van der Waals surface area contributed by atoms with Gasteiger partial charge in [0, 0.05) is 12.6 Å². The van der Waals surface area contributed by atoms with Crippen molar-refractivity contribution < 1.29 is 0 Å². The van der Waals surface area contributed by atoms with Crippen LogP contribution in [-0.2, 0) is 0 Å². The fourth-order valence-corrected chi connectivity index (χ4v) is 1.89. The molecule has 1 aromatic carbocycles. The first kappa shape index (κ1) is 9.38. The maximum absolute atomic E-state index is 3.57. The summed E-state index contributed by atoms with van der Waals surface area (Å²) < 4.78 is 0. The van der Waals surface area contributed by atoms with Crippen molar-refractivity contribution >= 4 is 11.4 Å². The van der Waals surface area contributed by atoms with Crippen molar-refractivity contribution in [3.8, 4) is 0 Å². The van der Waals surface area contributed by atoms with Crippen molar-refractivity contribution in [3.63, 3.8) is 0 Å². The summed E-state index contributed by atoms with van der Waals surface area (Å²) in [5, 5.41) is 7.03. The predicted octanol–water partition coefficient (Wildman–Crippen LogP) is 3.08. The van der Waals surface area contributed by atoms with E-state index in [0.29, 0.717) is 6.04 Å². The van der Waals surface area contributed by atoms with Crippen LogP contribution in [0.2, 0.25) is 0 Å². The Morgan fingerprint density at radius 1 is 1.29 bits per heavy atom. The lowest BCUT2D eigenvalue weighted by atomic mass is 10.1. The van der Waals surface area contributed by atoms with E-state index in [4.69, 9.17) is 0 Å². The third-order valence-electron chi connectivity index (χ3n) is 2.73. The predicted molar refractivity (Wildman–Crippen MR) is 61.9 cm³/mol. The monoisotopic (exact) mass is 190 g/mol. The molecule has 0 saturated carbocycles. The van der Waals surface area contributed by atoms with E-state index in [2.05, 4.69) is 41.8 Å². The molecule has 14 heavy (non-hydrogen) atoms. The van der Waals surface area contributed by atoms with Crippen LogP contribution in [0.25, 0.3) is 0 Å². The maximum Gasteiger partial charge on any atom is 0.0578 e. The highest BCUT2D eigenvalue weighted by molar-refractivity contribution is 5.70.